The second-order valence-electron chi connectivity index (χ2n) is 8.32. The Labute approximate surface area is 141 Å². The van der Waals surface area contributed by atoms with Crippen molar-refractivity contribution in [2.24, 2.45) is 11.3 Å². The summed E-state index contributed by atoms with van der Waals surface area (Å²) in [6, 6.07) is 0.317. The van der Waals surface area contributed by atoms with Gasteiger partial charge in [-0.25, -0.2) is 4.79 Å². The molecule has 0 radical (unpaired) electrons. The molecule has 2 N–H and O–H groups in total. The molecule has 5 nitrogen and oxygen atoms in total. The van der Waals surface area contributed by atoms with Crippen LogP contribution in [-0.2, 0) is 4.74 Å². The maximum absolute atomic E-state index is 12.2. The molecule has 3 atom stereocenters. The van der Waals surface area contributed by atoms with Gasteiger partial charge in [-0.05, 0) is 52.9 Å². The minimum Gasteiger partial charge on any atom is -0.444 e. The molecule has 1 aliphatic rings. The number of amides is 1. The molecule has 1 fully saturated rings. The van der Waals surface area contributed by atoms with Crippen molar-refractivity contribution >= 4 is 6.09 Å². The lowest BCUT2D eigenvalue weighted by Gasteiger charge is -2.38. The molecule has 23 heavy (non-hydrogen) atoms. The van der Waals surface area contributed by atoms with Crippen molar-refractivity contribution in [3.8, 4) is 0 Å². The lowest BCUT2D eigenvalue weighted by Crippen LogP contribution is -2.49. The summed E-state index contributed by atoms with van der Waals surface area (Å²) in [5.74, 6) is 0.427. The van der Waals surface area contributed by atoms with Gasteiger partial charge in [0.1, 0.15) is 5.60 Å². The van der Waals surface area contributed by atoms with Crippen molar-refractivity contribution in [2.45, 2.75) is 72.4 Å². The van der Waals surface area contributed by atoms with Gasteiger partial charge in [-0.15, -0.1) is 0 Å². The second-order valence-corrected chi connectivity index (χ2v) is 8.32. The van der Waals surface area contributed by atoms with E-state index in [1.807, 2.05) is 25.7 Å². The molecule has 0 aromatic carbocycles. The van der Waals surface area contributed by atoms with Gasteiger partial charge in [-0.3, -0.25) is 0 Å². The Balaban J connectivity index is 2.52. The molecule has 1 rings (SSSR count). The van der Waals surface area contributed by atoms with Crippen LogP contribution in [0.3, 0.4) is 0 Å². The van der Waals surface area contributed by atoms with E-state index in [0.717, 1.165) is 38.9 Å². The molecule has 0 aliphatic carbocycles. The average molecular weight is 328 g/mol. The number of rotatable bonds is 6. The fourth-order valence-electron chi connectivity index (χ4n) is 2.78. The number of piperidine rings is 1. The highest BCUT2D eigenvalue weighted by Gasteiger charge is 2.31. The zero-order chi connectivity index (χ0) is 17.7. The van der Waals surface area contributed by atoms with Gasteiger partial charge in [-0.1, -0.05) is 13.8 Å². The molecule has 1 amide bonds. The van der Waals surface area contributed by atoms with E-state index in [1.54, 1.807) is 0 Å². The zero-order valence-electron chi connectivity index (χ0n) is 15.8. The molecule has 1 heterocycles. The average Bonchev–Trinajstić information content (AvgIpc) is 2.50. The standard InChI is InChI=1S/C18H36N2O3/c1-7-18(6,13-21)12-19-14(2)15-9-8-10-20(11-15)16(22)23-17(3,4)5/h14-15,19,21H,7-13H2,1-6H3. The first-order valence-corrected chi connectivity index (χ1v) is 8.92. The number of aliphatic hydroxyl groups excluding tert-OH is 1. The number of hydrogen-bond donors (Lipinski definition) is 2. The van der Waals surface area contributed by atoms with Crippen LogP contribution in [0.1, 0.15) is 60.8 Å². The van der Waals surface area contributed by atoms with Gasteiger partial charge in [0.15, 0.2) is 0 Å². The van der Waals surface area contributed by atoms with E-state index in [1.165, 1.54) is 0 Å². The fourth-order valence-corrected chi connectivity index (χ4v) is 2.78. The topological polar surface area (TPSA) is 61.8 Å². The number of nitrogens with one attached hydrogen (secondary N) is 1. The molecule has 0 spiro atoms. The number of nitrogens with zero attached hydrogens (tertiary/aromatic N) is 1. The summed E-state index contributed by atoms with van der Waals surface area (Å²) in [6.45, 7) is 14.6. The van der Waals surface area contributed by atoms with Gasteiger partial charge in [-0.2, -0.15) is 0 Å². The first kappa shape index (κ1) is 20.2. The van der Waals surface area contributed by atoms with Crippen molar-refractivity contribution in [2.75, 3.05) is 26.2 Å². The predicted octanol–water partition coefficient (Wildman–Crippen LogP) is 3.02. The third-order valence-corrected chi connectivity index (χ3v) is 4.90. The van der Waals surface area contributed by atoms with Crippen molar-refractivity contribution < 1.29 is 14.6 Å². The van der Waals surface area contributed by atoms with Crippen LogP contribution in [0.4, 0.5) is 4.79 Å². The quantitative estimate of drug-likeness (QED) is 0.787. The maximum atomic E-state index is 12.2. The van der Waals surface area contributed by atoms with Crippen molar-refractivity contribution in [3.63, 3.8) is 0 Å². The highest BCUT2D eigenvalue weighted by molar-refractivity contribution is 5.68. The zero-order valence-corrected chi connectivity index (χ0v) is 15.8. The number of carbonyl (C=O) groups is 1. The number of ether oxygens (including phenoxy) is 1. The van der Waals surface area contributed by atoms with Crippen molar-refractivity contribution in [3.05, 3.63) is 0 Å². The van der Waals surface area contributed by atoms with Crippen LogP contribution in [0.15, 0.2) is 0 Å². The molecule has 1 aliphatic heterocycles. The van der Waals surface area contributed by atoms with Gasteiger partial charge < -0.3 is 20.1 Å². The highest BCUT2D eigenvalue weighted by atomic mass is 16.6. The largest absolute Gasteiger partial charge is 0.444 e. The normalized spacial score (nSPS) is 23.3. The Morgan fingerprint density at radius 1 is 1.39 bits per heavy atom. The van der Waals surface area contributed by atoms with E-state index in [2.05, 4.69) is 26.1 Å². The molecule has 3 unspecified atom stereocenters. The first-order valence-electron chi connectivity index (χ1n) is 8.92. The van der Waals surface area contributed by atoms with Crippen LogP contribution >= 0.6 is 0 Å². The molecule has 0 saturated carbocycles. The van der Waals surface area contributed by atoms with E-state index in [0.29, 0.717) is 12.0 Å². The molecular formula is C18H36N2O3. The minimum atomic E-state index is -0.446. The molecule has 1 saturated heterocycles. The Hall–Kier alpha value is -0.810. The van der Waals surface area contributed by atoms with Gasteiger partial charge >= 0.3 is 6.09 Å². The van der Waals surface area contributed by atoms with E-state index in [-0.39, 0.29) is 18.1 Å². The third kappa shape index (κ3) is 6.68. The number of hydrogen-bond acceptors (Lipinski definition) is 4. The van der Waals surface area contributed by atoms with Crippen LogP contribution in [0, 0.1) is 11.3 Å². The van der Waals surface area contributed by atoms with Crippen LogP contribution in [-0.4, -0.2) is 54.0 Å². The summed E-state index contributed by atoms with van der Waals surface area (Å²) >= 11 is 0. The molecule has 0 aromatic rings. The third-order valence-electron chi connectivity index (χ3n) is 4.90. The maximum Gasteiger partial charge on any atom is 0.410 e. The van der Waals surface area contributed by atoms with Crippen molar-refractivity contribution in [1.29, 1.82) is 0 Å². The number of aliphatic hydroxyl groups is 1. The first-order chi connectivity index (χ1) is 10.6. The smallest absolute Gasteiger partial charge is 0.410 e. The van der Waals surface area contributed by atoms with E-state index >= 15 is 0 Å². The van der Waals surface area contributed by atoms with Gasteiger partial charge in [0.05, 0.1) is 0 Å². The van der Waals surface area contributed by atoms with Crippen LogP contribution in [0.25, 0.3) is 0 Å². The second kappa shape index (κ2) is 8.34. The van der Waals surface area contributed by atoms with Crippen molar-refractivity contribution in [1.82, 2.24) is 10.2 Å². The SMILES string of the molecule is CCC(C)(CO)CNC(C)C1CCCN(C(=O)OC(C)(C)C)C1. The Morgan fingerprint density at radius 2 is 2.04 bits per heavy atom. The number of carbonyl (C=O) groups excluding carboxylic acids is 1. The Morgan fingerprint density at radius 3 is 2.57 bits per heavy atom. The molecular weight excluding hydrogens is 292 g/mol. The summed E-state index contributed by atoms with van der Waals surface area (Å²) in [5, 5.41) is 13.1. The van der Waals surface area contributed by atoms with E-state index in [9.17, 15) is 9.90 Å². The lowest BCUT2D eigenvalue weighted by atomic mass is 9.86. The Bertz CT molecular complexity index is 375. The molecule has 0 aromatic heterocycles. The Kier molecular flexibility index (Phi) is 7.33. The molecule has 0 bridgehead atoms. The van der Waals surface area contributed by atoms with E-state index < -0.39 is 5.60 Å². The predicted molar refractivity (Wildman–Crippen MR) is 93.5 cm³/mol. The highest BCUT2D eigenvalue weighted by Crippen LogP contribution is 2.24. The summed E-state index contributed by atoms with van der Waals surface area (Å²) < 4.78 is 5.49. The van der Waals surface area contributed by atoms with Gasteiger partial charge in [0.25, 0.3) is 0 Å². The molecule has 136 valence electrons. The minimum absolute atomic E-state index is 0.0756. The summed E-state index contributed by atoms with van der Waals surface area (Å²) in [5.41, 5.74) is -0.522. The summed E-state index contributed by atoms with van der Waals surface area (Å²) in [6.07, 6.45) is 2.87. The van der Waals surface area contributed by atoms with Crippen LogP contribution < -0.4 is 5.32 Å². The monoisotopic (exact) mass is 328 g/mol. The van der Waals surface area contributed by atoms with E-state index in [4.69, 9.17) is 4.74 Å². The fraction of sp³-hybridized carbons (Fsp3) is 0.944. The van der Waals surface area contributed by atoms with Crippen LogP contribution in [0.2, 0.25) is 0 Å². The van der Waals surface area contributed by atoms with Gasteiger partial charge in [0, 0.05) is 37.7 Å². The van der Waals surface area contributed by atoms with Crippen LogP contribution in [0.5, 0.6) is 0 Å². The summed E-state index contributed by atoms with van der Waals surface area (Å²) in [4.78, 5) is 14.1. The lowest BCUT2D eigenvalue weighted by molar-refractivity contribution is 0.0144. The number of likely N-dealkylation sites (tertiary alicyclic amines) is 1. The van der Waals surface area contributed by atoms with Gasteiger partial charge in [0.2, 0.25) is 0 Å². The molecule has 5 heteroatoms. The summed E-state index contributed by atoms with van der Waals surface area (Å²) in [7, 11) is 0.